The lowest BCUT2D eigenvalue weighted by molar-refractivity contribution is -0.124. The molecule has 0 aliphatic carbocycles. The molecule has 0 spiro atoms. The van der Waals surface area contributed by atoms with Gasteiger partial charge in [0.25, 0.3) is 5.91 Å². The van der Waals surface area contributed by atoms with E-state index < -0.39 is 0 Å². The second kappa shape index (κ2) is 7.81. The van der Waals surface area contributed by atoms with Gasteiger partial charge in [-0.05, 0) is 29.3 Å². The van der Waals surface area contributed by atoms with E-state index in [2.05, 4.69) is 0 Å². The quantitative estimate of drug-likeness (QED) is 0.629. The summed E-state index contributed by atoms with van der Waals surface area (Å²) in [7, 11) is 3.24. The number of nitrogens with zero attached hydrogens (tertiary/aromatic N) is 2. The number of rotatable bonds is 5. The molecule has 0 N–H and O–H groups in total. The summed E-state index contributed by atoms with van der Waals surface area (Å²) in [5.41, 5.74) is 1.98. The molecule has 0 fully saturated rings. The van der Waals surface area contributed by atoms with Crippen molar-refractivity contribution in [1.82, 2.24) is 4.90 Å². The predicted molar refractivity (Wildman–Crippen MR) is 89.5 cm³/mol. The summed E-state index contributed by atoms with van der Waals surface area (Å²) in [6.07, 6.45) is 1.57. The Labute approximate surface area is 136 Å². The molecular weight excluding hydrogens is 288 g/mol. The number of nitriles is 1. The van der Waals surface area contributed by atoms with E-state index in [0.717, 1.165) is 16.9 Å². The zero-order valence-corrected chi connectivity index (χ0v) is 13.2. The second-order valence-corrected chi connectivity index (χ2v) is 5.21. The maximum absolute atomic E-state index is 11.8. The van der Waals surface area contributed by atoms with Crippen LogP contribution in [0.4, 0.5) is 0 Å². The first-order valence-corrected chi connectivity index (χ1v) is 7.20. The summed E-state index contributed by atoms with van der Waals surface area (Å²) in [6.45, 7) is 0.499. The monoisotopic (exact) mass is 306 g/mol. The first-order chi connectivity index (χ1) is 11.1. The molecule has 0 aromatic heterocycles. The van der Waals surface area contributed by atoms with Crippen LogP contribution >= 0.6 is 0 Å². The summed E-state index contributed by atoms with van der Waals surface area (Å²) in [6, 6.07) is 19.1. The van der Waals surface area contributed by atoms with E-state index in [4.69, 9.17) is 10.00 Å². The van der Waals surface area contributed by atoms with E-state index in [1.807, 2.05) is 60.7 Å². The van der Waals surface area contributed by atoms with Crippen molar-refractivity contribution in [2.75, 3.05) is 14.1 Å². The van der Waals surface area contributed by atoms with Crippen molar-refractivity contribution in [3.05, 3.63) is 71.3 Å². The second-order valence-electron chi connectivity index (χ2n) is 5.21. The number of benzene rings is 2. The van der Waals surface area contributed by atoms with E-state index in [9.17, 15) is 4.79 Å². The molecule has 1 amide bonds. The molecule has 0 radical (unpaired) electrons. The standard InChI is InChI=1S/C19H18N2O2/c1-21(2)19(22)17(13-20)12-15-8-10-18(11-9-15)23-14-16-6-4-3-5-7-16/h3-12H,14H2,1-2H3/b17-12-. The van der Waals surface area contributed by atoms with Crippen LogP contribution in [0.5, 0.6) is 5.75 Å². The topological polar surface area (TPSA) is 53.3 Å². The predicted octanol–water partition coefficient (Wildman–Crippen LogP) is 3.26. The summed E-state index contributed by atoms with van der Waals surface area (Å²) >= 11 is 0. The van der Waals surface area contributed by atoms with E-state index >= 15 is 0 Å². The van der Waals surface area contributed by atoms with Gasteiger partial charge < -0.3 is 9.64 Å². The average molecular weight is 306 g/mol. The smallest absolute Gasteiger partial charge is 0.264 e. The van der Waals surface area contributed by atoms with Crippen LogP contribution in [0.1, 0.15) is 11.1 Å². The fourth-order valence-corrected chi connectivity index (χ4v) is 1.95. The van der Waals surface area contributed by atoms with Crippen LogP contribution < -0.4 is 4.74 Å². The van der Waals surface area contributed by atoms with Gasteiger partial charge in [0.15, 0.2) is 0 Å². The van der Waals surface area contributed by atoms with Crippen LogP contribution in [-0.2, 0) is 11.4 Å². The van der Waals surface area contributed by atoms with Crippen LogP contribution in [-0.4, -0.2) is 24.9 Å². The third-order valence-corrected chi connectivity index (χ3v) is 3.20. The summed E-state index contributed by atoms with van der Waals surface area (Å²) in [5.74, 6) is 0.431. The van der Waals surface area contributed by atoms with Crippen molar-refractivity contribution in [3.8, 4) is 11.8 Å². The summed E-state index contributed by atoms with van der Waals surface area (Å²) in [4.78, 5) is 13.2. The molecule has 2 rings (SSSR count). The van der Waals surface area contributed by atoms with Gasteiger partial charge in [-0.25, -0.2) is 0 Å². The maximum Gasteiger partial charge on any atom is 0.264 e. The Morgan fingerprint density at radius 3 is 2.35 bits per heavy atom. The van der Waals surface area contributed by atoms with Gasteiger partial charge in [0.05, 0.1) is 0 Å². The first kappa shape index (κ1) is 16.3. The third-order valence-electron chi connectivity index (χ3n) is 3.20. The minimum Gasteiger partial charge on any atom is -0.489 e. The van der Waals surface area contributed by atoms with Crippen molar-refractivity contribution >= 4 is 12.0 Å². The fourth-order valence-electron chi connectivity index (χ4n) is 1.95. The molecule has 0 aliphatic heterocycles. The number of hydrogen-bond acceptors (Lipinski definition) is 3. The molecule has 0 saturated heterocycles. The van der Waals surface area contributed by atoms with Crippen molar-refractivity contribution in [3.63, 3.8) is 0 Å². The van der Waals surface area contributed by atoms with Gasteiger partial charge >= 0.3 is 0 Å². The minimum atomic E-state index is -0.308. The average Bonchev–Trinajstić information content (AvgIpc) is 2.59. The Balaban J connectivity index is 2.04. The SMILES string of the molecule is CN(C)C(=O)/C(C#N)=C\c1ccc(OCc2ccccc2)cc1. The largest absolute Gasteiger partial charge is 0.489 e. The summed E-state index contributed by atoms with van der Waals surface area (Å²) < 4.78 is 5.70. The highest BCUT2D eigenvalue weighted by Gasteiger charge is 2.10. The van der Waals surface area contributed by atoms with Gasteiger partial charge in [-0.3, -0.25) is 4.79 Å². The normalized spacial score (nSPS) is 10.7. The first-order valence-electron chi connectivity index (χ1n) is 7.20. The van der Waals surface area contributed by atoms with Crippen LogP contribution in [0.2, 0.25) is 0 Å². The molecule has 23 heavy (non-hydrogen) atoms. The molecule has 0 atom stereocenters. The Morgan fingerprint density at radius 1 is 1.13 bits per heavy atom. The number of likely N-dealkylation sites (N-methyl/N-ethyl adjacent to an activating group) is 1. The van der Waals surface area contributed by atoms with Gasteiger partial charge in [-0.2, -0.15) is 5.26 Å². The molecule has 2 aromatic rings. The van der Waals surface area contributed by atoms with E-state index in [-0.39, 0.29) is 11.5 Å². The van der Waals surface area contributed by atoms with Crippen molar-refractivity contribution in [2.45, 2.75) is 6.61 Å². The minimum absolute atomic E-state index is 0.105. The summed E-state index contributed by atoms with van der Waals surface area (Å²) in [5, 5.41) is 9.08. The van der Waals surface area contributed by atoms with Gasteiger partial charge in [-0.1, -0.05) is 42.5 Å². The Morgan fingerprint density at radius 2 is 1.78 bits per heavy atom. The Hall–Kier alpha value is -3.06. The van der Waals surface area contributed by atoms with Gasteiger partial charge in [0.2, 0.25) is 0 Å². The third kappa shape index (κ3) is 4.72. The zero-order chi connectivity index (χ0) is 16.7. The molecule has 0 unspecified atom stereocenters. The molecule has 4 nitrogen and oxygen atoms in total. The maximum atomic E-state index is 11.8. The number of amides is 1. The van der Waals surface area contributed by atoms with E-state index in [1.165, 1.54) is 4.90 Å². The number of hydrogen-bond donors (Lipinski definition) is 0. The molecule has 2 aromatic carbocycles. The lowest BCUT2D eigenvalue weighted by Gasteiger charge is -2.09. The molecule has 116 valence electrons. The van der Waals surface area contributed by atoms with Gasteiger partial charge in [0.1, 0.15) is 24.0 Å². The molecule has 0 bridgehead atoms. The number of carbonyl (C=O) groups excluding carboxylic acids is 1. The van der Waals surface area contributed by atoms with Crippen molar-refractivity contribution in [1.29, 1.82) is 5.26 Å². The van der Waals surface area contributed by atoms with Crippen molar-refractivity contribution < 1.29 is 9.53 Å². The highest BCUT2D eigenvalue weighted by molar-refractivity contribution is 6.01. The Bertz CT molecular complexity index is 726. The molecule has 0 aliphatic rings. The molecule has 4 heteroatoms. The number of carbonyl (C=O) groups is 1. The lowest BCUT2D eigenvalue weighted by Crippen LogP contribution is -2.22. The van der Waals surface area contributed by atoms with E-state index in [1.54, 1.807) is 20.2 Å². The van der Waals surface area contributed by atoms with Gasteiger partial charge in [0, 0.05) is 14.1 Å². The fraction of sp³-hybridized carbons (Fsp3) is 0.158. The highest BCUT2D eigenvalue weighted by atomic mass is 16.5. The molecule has 0 heterocycles. The van der Waals surface area contributed by atoms with Gasteiger partial charge in [-0.15, -0.1) is 0 Å². The van der Waals surface area contributed by atoms with E-state index in [0.29, 0.717) is 6.61 Å². The molecular formula is C19H18N2O2. The Kier molecular flexibility index (Phi) is 5.54. The highest BCUT2D eigenvalue weighted by Crippen LogP contribution is 2.16. The van der Waals surface area contributed by atoms with Crippen LogP contribution in [0, 0.1) is 11.3 Å². The molecule has 0 saturated carbocycles. The lowest BCUT2D eigenvalue weighted by atomic mass is 10.1. The van der Waals surface area contributed by atoms with Crippen molar-refractivity contribution in [2.24, 2.45) is 0 Å². The van der Waals surface area contributed by atoms with Crippen LogP contribution in [0.3, 0.4) is 0 Å². The van der Waals surface area contributed by atoms with Crippen LogP contribution in [0.25, 0.3) is 6.08 Å². The van der Waals surface area contributed by atoms with Crippen LogP contribution in [0.15, 0.2) is 60.2 Å². The zero-order valence-electron chi connectivity index (χ0n) is 13.2. The number of ether oxygens (including phenoxy) is 1.